The molecule has 4 rings (SSSR count). The average Bonchev–Trinajstić information content (AvgIpc) is 3.40. The quantitative estimate of drug-likeness (QED) is 0.698. The summed E-state index contributed by atoms with van der Waals surface area (Å²) in [6, 6.07) is 11.4. The van der Waals surface area contributed by atoms with Gasteiger partial charge >= 0.3 is 5.97 Å². The summed E-state index contributed by atoms with van der Waals surface area (Å²) in [4.78, 5) is 37.7. The lowest BCUT2D eigenvalue weighted by Gasteiger charge is -2.23. The van der Waals surface area contributed by atoms with Crippen molar-refractivity contribution in [2.75, 3.05) is 26.3 Å². The van der Waals surface area contributed by atoms with E-state index in [-0.39, 0.29) is 24.3 Å². The van der Waals surface area contributed by atoms with E-state index in [0.717, 1.165) is 11.0 Å². The first-order chi connectivity index (χ1) is 15.4. The van der Waals surface area contributed by atoms with Crippen molar-refractivity contribution in [1.29, 1.82) is 0 Å². The molecular formula is C22H21FN2O7. The van der Waals surface area contributed by atoms with Gasteiger partial charge in [-0.25, -0.2) is 9.18 Å². The summed E-state index contributed by atoms with van der Waals surface area (Å²) in [5.41, 5.74) is -0.270. The van der Waals surface area contributed by atoms with Crippen molar-refractivity contribution in [3.8, 4) is 11.5 Å². The smallest absolute Gasteiger partial charge is 0.326 e. The third-order valence-electron chi connectivity index (χ3n) is 5.28. The van der Waals surface area contributed by atoms with Gasteiger partial charge in [-0.2, -0.15) is 0 Å². The van der Waals surface area contributed by atoms with Gasteiger partial charge in [-0.1, -0.05) is 18.2 Å². The van der Waals surface area contributed by atoms with Crippen molar-refractivity contribution in [1.82, 2.24) is 10.2 Å². The molecule has 2 heterocycles. The zero-order valence-corrected chi connectivity index (χ0v) is 17.0. The first-order valence-electron chi connectivity index (χ1n) is 9.98. The Morgan fingerprint density at radius 1 is 1.12 bits per heavy atom. The van der Waals surface area contributed by atoms with Gasteiger partial charge in [0.1, 0.15) is 23.4 Å². The number of rotatable bonds is 6. The Balaban J connectivity index is 1.37. The van der Waals surface area contributed by atoms with Gasteiger partial charge in [0.05, 0.1) is 31.9 Å². The van der Waals surface area contributed by atoms with E-state index in [0.29, 0.717) is 19.0 Å². The summed E-state index contributed by atoms with van der Waals surface area (Å²) >= 11 is 0. The number of nitrogens with one attached hydrogen (secondary N) is 1. The third kappa shape index (κ3) is 4.56. The number of benzene rings is 2. The Morgan fingerprint density at radius 2 is 1.84 bits per heavy atom. The standard InChI is InChI=1S/C22H21FN2O7/c23-17-10-15(32-14-4-2-1-3-5-14)6-7-16(17)20(27)24-12-19(26)25-13-22(30-8-9-31-22)11-18(25)21(28)29/h1-7,10,18H,8-9,11-13H2,(H,24,27)(H,28,29)/t18-/m0/s1. The van der Waals surface area contributed by atoms with Crippen LogP contribution in [0.2, 0.25) is 0 Å². The van der Waals surface area contributed by atoms with Crippen molar-refractivity contribution in [2.45, 2.75) is 18.2 Å². The van der Waals surface area contributed by atoms with E-state index in [2.05, 4.69) is 5.32 Å². The third-order valence-corrected chi connectivity index (χ3v) is 5.28. The van der Waals surface area contributed by atoms with Gasteiger partial charge in [0, 0.05) is 12.5 Å². The van der Waals surface area contributed by atoms with E-state index in [1.165, 1.54) is 12.1 Å². The minimum Gasteiger partial charge on any atom is -0.480 e. The molecule has 2 N–H and O–H groups in total. The SMILES string of the molecule is O=C(NCC(=O)N1CC2(C[C@H]1C(=O)O)OCCO2)c1ccc(Oc2ccccc2)cc1F. The maximum atomic E-state index is 14.4. The first-order valence-corrected chi connectivity index (χ1v) is 9.98. The lowest BCUT2D eigenvalue weighted by Crippen LogP contribution is -2.46. The van der Waals surface area contributed by atoms with Gasteiger partial charge < -0.3 is 29.5 Å². The molecule has 168 valence electrons. The Morgan fingerprint density at radius 3 is 2.50 bits per heavy atom. The topological polar surface area (TPSA) is 114 Å². The highest BCUT2D eigenvalue weighted by atomic mass is 19.1. The molecule has 2 aromatic carbocycles. The molecular weight excluding hydrogens is 423 g/mol. The van der Waals surface area contributed by atoms with Gasteiger partial charge in [0.15, 0.2) is 5.79 Å². The Hall–Kier alpha value is -3.50. The predicted octanol–water partition coefficient (Wildman–Crippen LogP) is 1.78. The normalized spacial score (nSPS) is 19.2. The molecule has 32 heavy (non-hydrogen) atoms. The summed E-state index contributed by atoms with van der Waals surface area (Å²) in [6.07, 6.45) is -0.000472. The number of para-hydroxylation sites is 1. The number of carbonyl (C=O) groups excluding carboxylic acids is 2. The van der Waals surface area contributed by atoms with Crippen LogP contribution in [0.3, 0.4) is 0 Å². The Labute approximate surface area is 182 Å². The van der Waals surface area contributed by atoms with Crippen LogP contribution in [0.5, 0.6) is 11.5 Å². The van der Waals surface area contributed by atoms with Gasteiger partial charge in [-0.3, -0.25) is 9.59 Å². The maximum Gasteiger partial charge on any atom is 0.326 e. The van der Waals surface area contributed by atoms with E-state index in [1.54, 1.807) is 24.3 Å². The molecule has 2 amide bonds. The van der Waals surface area contributed by atoms with Gasteiger partial charge in [0.25, 0.3) is 5.91 Å². The molecule has 9 nitrogen and oxygen atoms in total. The van der Waals surface area contributed by atoms with Gasteiger partial charge in [-0.05, 0) is 24.3 Å². The van der Waals surface area contributed by atoms with Crippen LogP contribution in [0.15, 0.2) is 48.5 Å². The lowest BCUT2D eigenvalue weighted by atomic mass is 10.1. The lowest BCUT2D eigenvalue weighted by molar-refractivity contribution is -0.152. The summed E-state index contributed by atoms with van der Waals surface area (Å²) in [5.74, 6) is -3.86. The fourth-order valence-corrected chi connectivity index (χ4v) is 3.75. The number of halogens is 1. The summed E-state index contributed by atoms with van der Waals surface area (Å²) in [7, 11) is 0. The number of nitrogens with zero attached hydrogens (tertiary/aromatic N) is 1. The number of carboxylic acids is 1. The highest BCUT2D eigenvalue weighted by Gasteiger charge is 2.52. The molecule has 0 bridgehead atoms. The molecule has 0 radical (unpaired) electrons. The van der Waals surface area contributed by atoms with Crippen LogP contribution < -0.4 is 10.1 Å². The fourth-order valence-electron chi connectivity index (χ4n) is 3.75. The van der Waals surface area contributed by atoms with Crippen LogP contribution in [-0.4, -0.2) is 65.9 Å². The van der Waals surface area contributed by atoms with Crippen LogP contribution >= 0.6 is 0 Å². The van der Waals surface area contributed by atoms with Crippen LogP contribution in [0.1, 0.15) is 16.8 Å². The molecule has 2 saturated heterocycles. The number of aliphatic carboxylic acids is 1. The van der Waals surface area contributed by atoms with Crippen LogP contribution in [-0.2, 0) is 19.1 Å². The van der Waals surface area contributed by atoms with E-state index in [1.807, 2.05) is 6.07 Å². The largest absolute Gasteiger partial charge is 0.480 e. The minimum absolute atomic E-state index is 0.000472. The summed E-state index contributed by atoms with van der Waals surface area (Å²) in [6.45, 7) is 0.0711. The number of carbonyl (C=O) groups is 3. The molecule has 2 aliphatic heterocycles. The molecule has 2 aliphatic rings. The van der Waals surface area contributed by atoms with Crippen LogP contribution in [0.25, 0.3) is 0 Å². The second-order valence-corrected chi connectivity index (χ2v) is 7.43. The molecule has 10 heteroatoms. The molecule has 0 unspecified atom stereocenters. The maximum absolute atomic E-state index is 14.4. The predicted molar refractivity (Wildman–Crippen MR) is 108 cm³/mol. The number of amides is 2. The van der Waals surface area contributed by atoms with Gasteiger partial charge in [-0.15, -0.1) is 0 Å². The number of hydrogen-bond donors (Lipinski definition) is 2. The molecule has 1 spiro atoms. The van der Waals surface area contributed by atoms with Crippen molar-refractivity contribution in [3.05, 3.63) is 59.9 Å². The molecule has 2 aromatic rings. The molecule has 2 fully saturated rings. The van der Waals surface area contributed by atoms with Crippen molar-refractivity contribution in [3.63, 3.8) is 0 Å². The highest BCUT2D eigenvalue weighted by molar-refractivity contribution is 5.97. The van der Waals surface area contributed by atoms with E-state index >= 15 is 0 Å². The zero-order valence-electron chi connectivity index (χ0n) is 17.0. The monoisotopic (exact) mass is 444 g/mol. The van der Waals surface area contributed by atoms with Crippen molar-refractivity contribution in [2.24, 2.45) is 0 Å². The van der Waals surface area contributed by atoms with Gasteiger partial charge in [0.2, 0.25) is 5.91 Å². The number of ether oxygens (including phenoxy) is 3. The number of likely N-dealkylation sites (tertiary alicyclic amines) is 1. The minimum atomic E-state index is -1.19. The van der Waals surface area contributed by atoms with E-state index in [4.69, 9.17) is 14.2 Å². The number of carboxylic acid groups (broad SMARTS) is 1. The van der Waals surface area contributed by atoms with E-state index in [9.17, 15) is 23.9 Å². The molecule has 0 aromatic heterocycles. The van der Waals surface area contributed by atoms with Crippen molar-refractivity contribution < 1.29 is 38.1 Å². The first kappa shape index (κ1) is 21.7. The average molecular weight is 444 g/mol. The zero-order chi connectivity index (χ0) is 22.7. The Bertz CT molecular complexity index is 1020. The summed E-state index contributed by atoms with van der Waals surface area (Å²) < 4.78 is 31.0. The Kier molecular flexibility index (Phi) is 6.06. The molecule has 0 saturated carbocycles. The van der Waals surface area contributed by atoms with Crippen LogP contribution in [0, 0.1) is 5.82 Å². The van der Waals surface area contributed by atoms with Crippen molar-refractivity contribution >= 4 is 17.8 Å². The van der Waals surface area contributed by atoms with Crippen LogP contribution in [0.4, 0.5) is 4.39 Å². The van der Waals surface area contributed by atoms with E-state index < -0.39 is 42.0 Å². The highest BCUT2D eigenvalue weighted by Crippen LogP contribution is 2.34. The second kappa shape index (κ2) is 8.93. The second-order valence-electron chi connectivity index (χ2n) is 7.43. The number of hydrogen-bond acceptors (Lipinski definition) is 6. The summed E-state index contributed by atoms with van der Waals surface area (Å²) in [5, 5.41) is 11.8. The molecule has 1 atom stereocenters. The molecule has 0 aliphatic carbocycles. The fraction of sp³-hybridized carbons (Fsp3) is 0.318.